The second-order valence-corrected chi connectivity index (χ2v) is 15.5. The van der Waals surface area contributed by atoms with Crippen LogP contribution in [-0.4, -0.2) is 137 Å². The van der Waals surface area contributed by atoms with E-state index < -0.39 is 11.7 Å². The summed E-state index contributed by atoms with van der Waals surface area (Å²) >= 11 is 0. The molecule has 3 aromatic rings. The van der Waals surface area contributed by atoms with E-state index in [0.717, 1.165) is 71.5 Å². The third-order valence-electron chi connectivity index (χ3n) is 12.0. The minimum absolute atomic E-state index is 0.00761. The van der Waals surface area contributed by atoms with Crippen molar-refractivity contribution in [2.45, 2.75) is 57.4 Å². The Morgan fingerprint density at radius 3 is 2.17 bits per heavy atom. The van der Waals surface area contributed by atoms with Crippen LogP contribution >= 0.6 is 0 Å². The van der Waals surface area contributed by atoms with Gasteiger partial charge in [0.25, 0.3) is 11.5 Å². The van der Waals surface area contributed by atoms with Crippen molar-refractivity contribution < 1.29 is 18.8 Å². The van der Waals surface area contributed by atoms with Crippen LogP contribution in [-0.2, 0) is 16.0 Å². The fourth-order valence-electron chi connectivity index (χ4n) is 8.70. The summed E-state index contributed by atoms with van der Waals surface area (Å²) in [6.07, 6.45) is 8.15. The number of likely N-dealkylation sites (tertiary alicyclic amines) is 1. The highest BCUT2D eigenvalue weighted by Gasteiger charge is 2.33. The highest BCUT2D eigenvalue weighted by atomic mass is 19.1. The first kappa shape index (κ1) is 37.1. The number of fused-ring (bicyclic) bond motifs is 1. The van der Waals surface area contributed by atoms with E-state index in [2.05, 4.69) is 20.0 Å². The first-order valence-electron chi connectivity index (χ1n) is 19.5. The van der Waals surface area contributed by atoms with Crippen LogP contribution in [0.1, 0.15) is 66.6 Å². The number of nitrogens with zero attached hydrogens (tertiary/aromatic N) is 6. The summed E-state index contributed by atoms with van der Waals surface area (Å²) in [4.78, 5) is 62.1. The lowest BCUT2D eigenvalue weighted by atomic mass is 9.83. The van der Waals surface area contributed by atoms with E-state index in [1.807, 2.05) is 21.9 Å². The number of aromatic amines is 1. The van der Waals surface area contributed by atoms with Crippen molar-refractivity contribution in [1.82, 2.24) is 34.7 Å². The zero-order valence-corrected chi connectivity index (χ0v) is 30.7. The number of rotatable bonds is 9. The number of nitrogens with one attached hydrogen (secondary N) is 1. The number of piperazine rings is 2. The van der Waals surface area contributed by atoms with Gasteiger partial charge in [-0.15, -0.1) is 0 Å². The van der Waals surface area contributed by atoms with Crippen molar-refractivity contribution in [2.75, 3.05) is 78.5 Å². The number of H-pyrrole nitrogens is 1. The zero-order valence-electron chi connectivity index (χ0n) is 30.7. The number of hydrogen-bond donors (Lipinski definition) is 2. The van der Waals surface area contributed by atoms with Crippen LogP contribution in [0.4, 0.5) is 4.39 Å². The molecule has 0 radical (unpaired) electrons. The van der Waals surface area contributed by atoms with Gasteiger partial charge in [-0.3, -0.25) is 24.1 Å². The molecule has 0 unspecified atom stereocenters. The van der Waals surface area contributed by atoms with Crippen molar-refractivity contribution in [3.05, 3.63) is 75.5 Å². The Labute approximate surface area is 310 Å². The molecule has 0 spiro atoms. The van der Waals surface area contributed by atoms with Gasteiger partial charge in [-0.05, 0) is 61.3 Å². The Hall–Kier alpha value is -4.20. The molecule has 1 saturated carbocycles. The summed E-state index contributed by atoms with van der Waals surface area (Å²) in [6.45, 7) is 7.97. The number of halogens is 1. The Morgan fingerprint density at radius 2 is 1.45 bits per heavy atom. The van der Waals surface area contributed by atoms with Crippen molar-refractivity contribution in [3.63, 3.8) is 0 Å². The fourth-order valence-corrected chi connectivity index (χ4v) is 8.70. The lowest BCUT2D eigenvalue weighted by molar-refractivity contribution is -0.136. The number of aromatic nitrogens is 2. The maximum absolute atomic E-state index is 15.0. The first-order chi connectivity index (χ1) is 25.7. The van der Waals surface area contributed by atoms with Crippen molar-refractivity contribution in [1.29, 1.82) is 0 Å². The Morgan fingerprint density at radius 1 is 0.792 bits per heavy atom. The predicted octanol–water partition coefficient (Wildman–Crippen LogP) is 2.70. The van der Waals surface area contributed by atoms with Gasteiger partial charge in [-0.1, -0.05) is 43.5 Å². The summed E-state index contributed by atoms with van der Waals surface area (Å²) in [5, 5.41) is 7.99. The lowest BCUT2D eigenvalue weighted by Crippen LogP contribution is -2.55. The van der Waals surface area contributed by atoms with Crippen molar-refractivity contribution in [3.8, 4) is 0 Å². The number of carbonyl (C=O) groups is 3. The predicted molar refractivity (Wildman–Crippen MR) is 201 cm³/mol. The summed E-state index contributed by atoms with van der Waals surface area (Å²) in [7, 11) is 0. The largest absolute Gasteiger partial charge is 0.341 e. The van der Waals surface area contributed by atoms with Gasteiger partial charge in [-0.2, -0.15) is 5.10 Å². The van der Waals surface area contributed by atoms with Gasteiger partial charge in [0.15, 0.2) is 0 Å². The monoisotopic (exact) mass is 728 g/mol. The SMILES string of the molecule is N[C@@H](C(=O)N1CCC(CN2CCN(CC(=O)N3CCN(C(=O)c4cc(Cc5n[nH]c(=O)c6ccccc56)ccc4F)CC3)CC2)CC1)C1CCCCC1. The lowest BCUT2D eigenvalue weighted by Gasteiger charge is -2.40. The molecule has 3 aliphatic heterocycles. The summed E-state index contributed by atoms with van der Waals surface area (Å²) in [5.41, 5.74) is 7.48. The zero-order chi connectivity index (χ0) is 36.9. The molecule has 13 heteroatoms. The third kappa shape index (κ3) is 8.79. The molecule has 1 atom stereocenters. The average Bonchev–Trinajstić information content (AvgIpc) is 3.20. The summed E-state index contributed by atoms with van der Waals surface area (Å²) in [6, 6.07) is 11.3. The van der Waals surface area contributed by atoms with E-state index in [1.54, 1.807) is 29.2 Å². The molecule has 0 bridgehead atoms. The quantitative estimate of drug-likeness (QED) is 0.343. The molecule has 3 amide bonds. The van der Waals surface area contributed by atoms with E-state index >= 15 is 0 Å². The van der Waals surface area contributed by atoms with E-state index in [4.69, 9.17) is 5.73 Å². The summed E-state index contributed by atoms with van der Waals surface area (Å²) < 4.78 is 15.0. The average molecular weight is 729 g/mol. The molecular weight excluding hydrogens is 675 g/mol. The third-order valence-corrected chi connectivity index (χ3v) is 12.0. The number of benzene rings is 2. The van der Waals surface area contributed by atoms with Gasteiger partial charge in [0.2, 0.25) is 11.8 Å². The van der Waals surface area contributed by atoms with E-state index in [-0.39, 0.29) is 29.0 Å². The van der Waals surface area contributed by atoms with Crippen molar-refractivity contribution in [2.24, 2.45) is 17.6 Å². The van der Waals surface area contributed by atoms with Gasteiger partial charge < -0.3 is 25.3 Å². The second-order valence-electron chi connectivity index (χ2n) is 15.5. The molecule has 2 aromatic carbocycles. The number of piperidine rings is 1. The summed E-state index contributed by atoms with van der Waals surface area (Å²) in [5.74, 6) is 0.128. The molecule has 53 heavy (non-hydrogen) atoms. The molecule has 284 valence electrons. The van der Waals surface area contributed by atoms with E-state index in [0.29, 0.717) is 73.0 Å². The van der Waals surface area contributed by atoms with Crippen LogP contribution in [0, 0.1) is 17.7 Å². The van der Waals surface area contributed by atoms with Gasteiger partial charge in [0.1, 0.15) is 5.82 Å². The Bertz CT molecular complexity index is 1820. The molecule has 1 aliphatic carbocycles. The van der Waals surface area contributed by atoms with Gasteiger partial charge in [0, 0.05) is 83.8 Å². The molecule has 7 rings (SSSR count). The molecule has 3 N–H and O–H groups in total. The normalized spacial score (nSPS) is 20.5. The van der Waals surface area contributed by atoms with E-state index in [9.17, 15) is 23.6 Å². The molecule has 4 aliphatic rings. The minimum atomic E-state index is -0.592. The number of hydrogen-bond acceptors (Lipinski definition) is 8. The number of amides is 3. The highest BCUT2D eigenvalue weighted by Crippen LogP contribution is 2.28. The van der Waals surface area contributed by atoms with E-state index in [1.165, 1.54) is 25.3 Å². The van der Waals surface area contributed by atoms with Crippen LogP contribution in [0.15, 0.2) is 47.3 Å². The number of nitrogens with two attached hydrogens (primary N) is 1. The first-order valence-corrected chi connectivity index (χ1v) is 19.5. The topological polar surface area (TPSA) is 139 Å². The van der Waals surface area contributed by atoms with Crippen LogP contribution in [0.3, 0.4) is 0 Å². The fraction of sp³-hybridized carbons (Fsp3) is 0.575. The highest BCUT2D eigenvalue weighted by molar-refractivity contribution is 5.95. The van der Waals surface area contributed by atoms with Gasteiger partial charge in [-0.25, -0.2) is 9.49 Å². The van der Waals surface area contributed by atoms with Gasteiger partial charge in [0.05, 0.1) is 29.2 Å². The van der Waals surface area contributed by atoms with Crippen molar-refractivity contribution >= 4 is 28.5 Å². The van der Waals surface area contributed by atoms with Crippen LogP contribution < -0.4 is 11.3 Å². The molecule has 3 saturated heterocycles. The Balaban J connectivity index is 0.829. The molecule has 4 fully saturated rings. The standard InChI is InChI=1S/C40H53FN8O4/c41-34-11-10-29(25-35-31-8-4-5-9-32(31)38(51)44-43-35)24-33(34)39(52)49-22-20-47(21-23-49)36(50)27-46-18-16-45(17-19-46)26-28-12-14-48(15-13-28)40(53)37(42)30-6-2-1-3-7-30/h4-5,8-11,24,28,30,37H,1-3,6-7,12-23,25-27,42H2,(H,44,51)/t37-/m1/s1. The van der Waals surface area contributed by atoms with Crippen LogP contribution in [0.5, 0.6) is 0 Å². The molecule has 12 nitrogen and oxygen atoms in total. The second kappa shape index (κ2) is 16.9. The smallest absolute Gasteiger partial charge is 0.272 e. The molecule has 1 aromatic heterocycles. The molecule has 4 heterocycles. The van der Waals surface area contributed by atoms with Crippen LogP contribution in [0.25, 0.3) is 10.8 Å². The molecular formula is C40H53FN8O4. The van der Waals surface area contributed by atoms with Gasteiger partial charge >= 0.3 is 0 Å². The maximum atomic E-state index is 15.0. The minimum Gasteiger partial charge on any atom is -0.341 e. The van der Waals surface area contributed by atoms with Crippen LogP contribution in [0.2, 0.25) is 0 Å². The maximum Gasteiger partial charge on any atom is 0.272 e. The Kier molecular flexibility index (Phi) is 11.8. The number of carbonyl (C=O) groups excluding carboxylic acids is 3.